The smallest absolute Gasteiger partial charge is 0.308 e. The molecule has 22 heavy (non-hydrogen) atoms. The number of amides is 1. The van der Waals surface area contributed by atoms with Gasteiger partial charge in [0.1, 0.15) is 5.56 Å². The molecule has 1 amide bonds. The highest BCUT2D eigenvalue weighted by Gasteiger charge is 2.39. The lowest BCUT2D eigenvalue weighted by atomic mass is 9.92. The van der Waals surface area contributed by atoms with Gasteiger partial charge in [-0.1, -0.05) is 13.3 Å². The van der Waals surface area contributed by atoms with Crippen molar-refractivity contribution in [1.29, 1.82) is 0 Å². The maximum absolute atomic E-state index is 12.7. The van der Waals surface area contributed by atoms with Crippen LogP contribution in [-0.4, -0.2) is 46.6 Å². The van der Waals surface area contributed by atoms with Gasteiger partial charge in [-0.05, 0) is 31.4 Å². The normalized spacial score (nSPS) is 20.9. The van der Waals surface area contributed by atoms with Gasteiger partial charge in [0.2, 0.25) is 5.88 Å². The second-order valence-electron chi connectivity index (χ2n) is 5.49. The van der Waals surface area contributed by atoms with E-state index in [1.54, 1.807) is 23.2 Å². The maximum atomic E-state index is 12.7. The number of aliphatic carboxylic acids is 1. The van der Waals surface area contributed by atoms with Crippen molar-refractivity contribution in [2.24, 2.45) is 11.8 Å². The average Bonchev–Trinajstić information content (AvgIpc) is 2.92. The van der Waals surface area contributed by atoms with Gasteiger partial charge in [-0.3, -0.25) is 9.59 Å². The van der Waals surface area contributed by atoms with E-state index in [-0.39, 0.29) is 18.4 Å². The third-order valence-corrected chi connectivity index (χ3v) is 3.99. The van der Waals surface area contributed by atoms with Crippen LogP contribution in [0.15, 0.2) is 18.3 Å². The Hall–Kier alpha value is -2.11. The fourth-order valence-corrected chi connectivity index (χ4v) is 2.96. The maximum Gasteiger partial charge on any atom is 0.308 e. The second kappa shape index (κ2) is 7.24. The van der Waals surface area contributed by atoms with E-state index in [1.807, 2.05) is 13.8 Å². The lowest BCUT2D eigenvalue weighted by Crippen LogP contribution is -2.30. The number of nitrogens with zero attached hydrogens (tertiary/aromatic N) is 2. The van der Waals surface area contributed by atoms with Gasteiger partial charge in [0.05, 0.1) is 12.5 Å². The standard InChI is InChI=1S/C16H22N2O4/c1-3-6-11-9-18(10-13(11)16(20)21)15(19)12-7-5-8-17-14(12)22-4-2/h5,7-8,11,13H,3-4,6,9-10H2,1-2H3,(H,20,21)/t11-,13-/m1/s1. The van der Waals surface area contributed by atoms with Crippen LogP contribution in [0.2, 0.25) is 0 Å². The van der Waals surface area contributed by atoms with E-state index in [0.29, 0.717) is 24.6 Å². The Bertz CT molecular complexity index is 547. The molecular formula is C16H22N2O4. The number of ether oxygens (including phenoxy) is 1. The van der Waals surface area contributed by atoms with Gasteiger partial charge < -0.3 is 14.7 Å². The van der Waals surface area contributed by atoms with Crippen LogP contribution in [0.1, 0.15) is 37.0 Å². The Morgan fingerprint density at radius 1 is 1.41 bits per heavy atom. The topological polar surface area (TPSA) is 79.7 Å². The van der Waals surface area contributed by atoms with Crippen molar-refractivity contribution in [3.05, 3.63) is 23.9 Å². The summed E-state index contributed by atoms with van der Waals surface area (Å²) in [5, 5.41) is 9.34. The molecule has 1 fully saturated rings. The van der Waals surface area contributed by atoms with E-state index >= 15 is 0 Å². The van der Waals surface area contributed by atoms with E-state index in [1.165, 1.54) is 0 Å². The number of rotatable bonds is 6. The van der Waals surface area contributed by atoms with Crippen molar-refractivity contribution in [2.75, 3.05) is 19.7 Å². The predicted molar refractivity (Wildman–Crippen MR) is 80.8 cm³/mol. The molecule has 0 spiro atoms. The SMILES string of the molecule is CCC[C@@H]1CN(C(=O)c2cccnc2OCC)C[C@H]1C(=O)O. The lowest BCUT2D eigenvalue weighted by Gasteiger charge is -2.17. The quantitative estimate of drug-likeness (QED) is 0.870. The first-order valence-electron chi connectivity index (χ1n) is 7.68. The molecule has 2 atom stereocenters. The van der Waals surface area contributed by atoms with Crippen LogP contribution < -0.4 is 4.74 Å². The zero-order valence-electron chi connectivity index (χ0n) is 13.0. The number of carbonyl (C=O) groups is 2. The molecule has 0 bridgehead atoms. The zero-order valence-corrected chi connectivity index (χ0v) is 13.0. The minimum absolute atomic E-state index is 0.0127. The Balaban J connectivity index is 2.18. The molecular weight excluding hydrogens is 284 g/mol. The Morgan fingerprint density at radius 2 is 2.18 bits per heavy atom. The minimum Gasteiger partial charge on any atom is -0.481 e. The van der Waals surface area contributed by atoms with Crippen LogP contribution in [0, 0.1) is 11.8 Å². The highest BCUT2D eigenvalue weighted by molar-refractivity contribution is 5.96. The lowest BCUT2D eigenvalue weighted by molar-refractivity contribution is -0.142. The summed E-state index contributed by atoms with van der Waals surface area (Å²) in [6.45, 7) is 5.01. The molecule has 0 saturated carbocycles. The summed E-state index contributed by atoms with van der Waals surface area (Å²) in [7, 11) is 0. The summed E-state index contributed by atoms with van der Waals surface area (Å²) in [4.78, 5) is 29.8. The van der Waals surface area contributed by atoms with Crippen LogP contribution in [-0.2, 0) is 4.79 Å². The number of likely N-dealkylation sites (tertiary alicyclic amines) is 1. The van der Waals surface area contributed by atoms with Crippen molar-refractivity contribution in [3.8, 4) is 5.88 Å². The van der Waals surface area contributed by atoms with Crippen molar-refractivity contribution >= 4 is 11.9 Å². The molecule has 0 radical (unpaired) electrons. The van der Waals surface area contributed by atoms with Gasteiger partial charge in [-0.25, -0.2) is 4.98 Å². The summed E-state index contributed by atoms with van der Waals surface area (Å²) < 4.78 is 5.39. The molecule has 1 aromatic rings. The molecule has 1 saturated heterocycles. The molecule has 0 aromatic carbocycles. The molecule has 0 unspecified atom stereocenters. The van der Waals surface area contributed by atoms with Crippen molar-refractivity contribution in [2.45, 2.75) is 26.7 Å². The van der Waals surface area contributed by atoms with Gasteiger partial charge in [-0.15, -0.1) is 0 Å². The highest BCUT2D eigenvalue weighted by atomic mass is 16.5. The summed E-state index contributed by atoms with van der Waals surface area (Å²) in [6.07, 6.45) is 3.30. The summed E-state index contributed by atoms with van der Waals surface area (Å²) >= 11 is 0. The molecule has 0 aliphatic carbocycles. The number of carboxylic acid groups (broad SMARTS) is 1. The van der Waals surface area contributed by atoms with Gasteiger partial charge in [-0.2, -0.15) is 0 Å². The first-order chi connectivity index (χ1) is 10.6. The summed E-state index contributed by atoms with van der Waals surface area (Å²) in [5.41, 5.74) is 0.394. The fraction of sp³-hybridized carbons (Fsp3) is 0.562. The van der Waals surface area contributed by atoms with Crippen LogP contribution >= 0.6 is 0 Å². The third kappa shape index (κ3) is 3.37. The molecule has 1 aliphatic rings. The predicted octanol–water partition coefficient (Wildman–Crippen LogP) is 2.05. The summed E-state index contributed by atoms with van der Waals surface area (Å²) in [6, 6.07) is 3.35. The van der Waals surface area contributed by atoms with Crippen molar-refractivity contribution < 1.29 is 19.4 Å². The van der Waals surface area contributed by atoms with E-state index in [0.717, 1.165) is 12.8 Å². The molecule has 1 aliphatic heterocycles. The molecule has 6 heteroatoms. The van der Waals surface area contributed by atoms with Gasteiger partial charge >= 0.3 is 5.97 Å². The van der Waals surface area contributed by atoms with Crippen molar-refractivity contribution in [1.82, 2.24) is 9.88 Å². The average molecular weight is 306 g/mol. The fourth-order valence-electron chi connectivity index (χ4n) is 2.96. The molecule has 1 N–H and O–H groups in total. The molecule has 2 heterocycles. The second-order valence-corrected chi connectivity index (χ2v) is 5.49. The van der Waals surface area contributed by atoms with E-state index in [9.17, 15) is 14.7 Å². The number of hydrogen-bond acceptors (Lipinski definition) is 4. The van der Waals surface area contributed by atoms with Gasteiger partial charge in [0.15, 0.2) is 0 Å². The number of pyridine rings is 1. The first-order valence-corrected chi connectivity index (χ1v) is 7.68. The van der Waals surface area contributed by atoms with Crippen LogP contribution in [0.5, 0.6) is 5.88 Å². The van der Waals surface area contributed by atoms with Crippen molar-refractivity contribution in [3.63, 3.8) is 0 Å². The number of hydrogen-bond donors (Lipinski definition) is 1. The van der Waals surface area contributed by atoms with E-state index < -0.39 is 11.9 Å². The van der Waals surface area contributed by atoms with Gasteiger partial charge in [0, 0.05) is 19.3 Å². The van der Waals surface area contributed by atoms with Crippen LogP contribution in [0.3, 0.4) is 0 Å². The molecule has 6 nitrogen and oxygen atoms in total. The largest absolute Gasteiger partial charge is 0.481 e. The molecule has 1 aromatic heterocycles. The van der Waals surface area contributed by atoms with Crippen LogP contribution in [0.4, 0.5) is 0 Å². The Morgan fingerprint density at radius 3 is 2.82 bits per heavy atom. The first kappa shape index (κ1) is 16.3. The highest BCUT2D eigenvalue weighted by Crippen LogP contribution is 2.30. The monoisotopic (exact) mass is 306 g/mol. The van der Waals surface area contributed by atoms with E-state index in [2.05, 4.69) is 4.98 Å². The van der Waals surface area contributed by atoms with Crippen LogP contribution in [0.25, 0.3) is 0 Å². The third-order valence-electron chi connectivity index (χ3n) is 3.99. The number of aromatic nitrogens is 1. The molecule has 2 rings (SSSR count). The number of carboxylic acids is 1. The van der Waals surface area contributed by atoms with Gasteiger partial charge in [0.25, 0.3) is 5.91 Å². The summed E-state index contributed by atoms with van der Waals surface area (Å²) in [5.74, 6) is -1.21. The minimum atomic E-state index is -0.829. The number of carbonyl (C=O) groups excluding carboxylic acids is 1. The van der Waals surface area contributed by atoms with E-state index in [4.69, 9.17) is 4.74 Å². The Kier molecular flexibility index (Phi) is 5.35. The Labute approximate surface area is 130 Å². The zero-order chi connectivity index (χ0) is 16.1. The molecule has 120 valence electrons.